The molecule has 0 aliphatic carbocycles. The molecule has 1 aliphatic heterocycles. The predicted molar refractivity (Wildman–Crippen MR) is 161 cm³/mol. The average molecular weight is 600 g/mol. The molecule has 2 aromatic carbocycles. The Morgan fingerprint density at radius 1 is 1.08 bits per heavy atom. The number of carbonyl (C=O) groups is 2. The summed E-state index contributed by atoms with van der Waals surface area (Å²) < 4.78 is 9.87. The molecule has 0 radical (unpaired) electrons. The number of halogens is 1. The number of hydrogen-bond donors (Lipinski definition) is 1. The molecule has 0 bridgehead atoms. The van der Waals surface area contributed by atoms with Gasteiger partial charge in [-0.1, -0.05) is 79.2 Å². The average Bonchev–Trinajstić information content (AvgIpc) is 3.18. The van der Waals surface area contributed by atoms with E-state index in [1.165, 1.54) is 6.92 Å². The molecule has 6 nitrogen and oxygen atoms in total. The number of carbonyl (C=O) groups excluding carboxylic acids is 2. The second-order valence-corrected chi connectivity index (χ2v) is 13.0. The van der Waals surface area contributed by atoms with Crippen LogP contribution in [0.2, 0.25) is 0 Å². The van der Waals surface area contributed by atoms with E-state index < -0.39 is 0 Å². The maximum Gasteiger partial charge on any atom is 0.302 e. The van der Waals surface area contributed by atoms with Crippen LogP contribution in [0.3, 0.4) is 0 Å². The van der Waals surface area contributed by atoms with E-state index in [-0.39, 0.29) is 53.3 Å². The highest BCUT2D eigenvalue weighted by Crippen LogP contribution is 2.42. The Labute approximate surface area is 242 Å². The summed E-state index contributed by atoms with van der Waals surface area (Å²) in [6.07, 6.45) is 1.98. The van der Waals surface area contributed by atoms with Crippen molar-refractivity contribution in [3.05, 3.63) is 64.2 Å². The van der Waals surface area contributed by atoms with Crippen molar-refractivity contribution in [1.29, 1.82) is 0 Å². The summed E-state index contributed by atoms with van der Waals surface area (Å²) in [4.78, 5) is 27.4. The van der Waals surface area contributed by atoms with Crippen molar-refractivity contribution in [1.82, 2.24) is 4.90 Å². The van der Waals surface area contributed by atoms with Gasteiger partial charge in [0.05, 0.1) is 22.7 Å². The van der Waals surface area contributed by atoms with Crippen LogP contribution in [0.4, 0.5) is 0 Å². The number of amidine groups is 1. The SMILES string of the molecule is CCC[C@H]1CN(CC(=O)c2cc(C(C)(C)C)c(O)c(C(C)(C)C)c2)/C(=N\Br)[C@@H]1c1ccccc1COC(C)=O. The fraction of sp³-hybridized carbons (Fsp3) is 0.531. The second-order valence-electron chi connectivity index (χ2n) is 12.7. The molecule has 212 valence electrons. The number of benzene rings is 2. The first-order chi connectivity index (χ1) is 18.2. The van der Waals surface area contributed by atoms with Crippen molar-refractivity contribution in [3.8, 4) is 5.75 Å². The molecule has 0 unspecified atom stereocenters. The lowest BCUT2D eigenvalue weighted by molar-refractivity contribution is -0.142. The van der Waals surface area contributed by atoms with Crippen molar-refractivity contribution >= 4 is 33.7 Å². The summed E-state index contributed by atoms with van der Waals surface area (Å²) in [6, 6.07) is 11.7. The molecule has 1 heterocycles. The van der Waals surface area contributed by atoms with Crippen molar-refractivity contribution in [2.75, 3.05) is 13.1 Å². The molecular weight excluding hydrogens is 556 g/mol. The van der Waals surface area contributed by atoms with E-state index in [2.05, 4.69) is 38.1 Å². The molecule has 2 aromatic rings. The van der Waals surface area contributed by atoms with Crippen molar-refractivity contribution in [3.63, 3.8) is 0 Å². The van der Waals surface area contributed by atoms with Crippen molar-refractivity contribution in [2.45, 2.75) is 91.6 Å². The normalized spacial score (nSPS) is 19.0. The van der Waals surface area contributed by atoms with Crippen LogP contribution in [0.5, 0.6) is 5.75 Å². The van der Waals surface area contributed by atoms with Gasteiger partial charge in [-0.05, 0) is 46.4 Å². The summed E-state index contributed by atoms with van der Waals surface area (Å²) in [5.74, 6) is 0.974. The first-order valence-electron chi connectivity index (χ1n) is 13.7. The Bertz CT molecular complexity index is 1200. The maximum absolute atomic E-state index is 13.8. The number of ketones is 1. The molecule has 0 spiro atoms. The van der Waals surface area contributed by atoms with Gasteiger partial charge in [-0.15, -0.1) is 0 Å². The van der Waals surface area contributed by atoms with E-state index in [9.17, 15) is 14.7 Å². The number of aromatic hydroxyl groups is 1. The Morgan fingerprint density at radius 2 is 1.67 bits per heavy atom. The van der Waals surface area contributed by atoms with Crippen LogP contribution in [0.15, 0.2) is 40.4 Å². The van der Waals surface area contributed by atoms with Crippen LogP contribution in [0, 0.1) is 5.92 Å². The lowest BCUT2D eigenvalue weighted by Gasteiger charge is -2.28. The van der Waals surface area contributed by atoms with E-state index >= 15 is 0 Å². The largest absolute Gasteiger partial charge is 0.507 e. The zero-order valence-corrected chi connectivity index (χ0v) is 26.2. The first kappa shape index (κ1) is 30.9. The minimum atomic E-state index is -0.320. The molecule has 0 aromatic heterocycles. The highest BCUT2D eigenvalue weighted by Gasteiger charge is 2.41. The van der Waals surface area contributed by atoms with Crippen molar-refractivity contribution < 1.29 is 19.4 Å². The molecule has 1 aliphatic rings. The smallest absolute Gasteiger partial charge is 0.302 e. The third-order valence-electron chi connectivity index (χ3n) is 7.48. The molecule has 39 heavy (non-hydrogen) atoms. The first-order valence-corrected chi connectivity index (χ1v) is 14.5. The number of likely N-dealkylation sites (tertiary alicyclic amines) is 1. The highest BCUT2D eigenvalue weighted by molar-refractivity contribution is 9.08. The van der Waals surface area contributed by atoms with E-state index in [4.69, 9.17) is 4.74 Å². The Kier molecular flexibility index (Phi) is 9.69. The van der Waals surface area contributed by atoms with Gasteiger partial charge in [-0.25, -0.2) is 0 Å². The molecule has 3 rings (SSSR count). The second kappa shape index (κ2) is 12.2. The molecule has 1 fully saturated rings. The quantitative estimate of drug-likeness (QED) is 0.252. The van der Waals surface area contributed by atoms with Crippen LogP contribution < -0.4 is 0 Å². The Balaban J connectivity index is 2.00. The van der Waals surface area contributed by atoms with Crippen LogP contribution >= 0.6 is 16.1 Å². The molecule has 1 saturated heterocycles. The minimum absolute atomic E-state index is 0.0104. The van der Waals surface area contributed by atoms with Gasteiger partial charge in [0.15, 0.2) is 5.78 Å². The molecule has 0 amide bonds. The number of esters is 1. The number of rotatable bonds is 8. The van der Waals surface area contributed by atoms with Gasteiger partial charge in [0.2, 0.25) is 0 Å². The molecule has 7 heteroatoms. The van der Waals surface area contributed by atoms with Gasteiger partial charge in [0.25, 0.3) is 0 Å². The summed E-state index contributed by atoms with van der Waals surface area (Å²) in [5, 5.41) is 11.1. The van der Waals surface area contributed by atoms with Gasteiger partial charge in [-0.3, -0.25) is 9.59 Å². The van der Waals surface area contributed by atoms with E-state index in [1.54, 1.807) is 0 Å². The summed E-state index contributed by atoms with van der Waals surface area (Å²) in [6.45, 7) is 17.0. The monoisotopic (exact) mass is 598 g/mol. The number of phenolic OH excluding ortho intramolecular Hbond substituents is 1. The van der Waals surface area contributed by atoms with Gasteiger partial charge >= 0.3 is 5.97 Å². The molecule has 2 atom stereocenters. The zero-order chi connectivity index (χ0) is 29.1. The lowest BCUT2D eigenvalue weighted by Crippen LogP contribution is -2.33. The lowest BCUT2D eigenvalue weighted by atomic mass is 9.78. The summed E-state index contributed by atoms with van der Waals surface area (Å²) in [5.41, 5.74) is 3.52. The summed E-state index contributed by atoms with van der Waals surface area (Å²) >= 11 is 3.37. The number of nitrogens with zero attached hydrogens (tertiary/aromatic N) is 2. The van der Waals surface area contributed by atoms with Crippen LogP contribution in [-0.4, -0.2) is 40.7 Å². The Morgan fingerprint density at radius 3 is 2.18 bits per heavy atom. The fourth-order valence-electron chi connectivity index (χ4n) is 5.51. The minimum Gasteiger partial charge on any atom is -0.507 e. The zero-order valence-electron chi connectivity index (χ0n) is 24.6. The van der Waals surface area contributed by atoms with Crippen molar-refractivity contribution in [2.24, 2.45) is 9.94 Å². The van der Waals surface area contributed by atoms with E-state index in [1.807, 2.05) is 71.9 Å². The number of phenols is 1. The third-order valence-corrected chi connectivity index (χ3v) is 7.84. The number of Topliss-reactive ketones (excluding diaryl/α,β-unsaturated/α-hetero) is 1. The standard InChI is InChI=1S/C32H43BrN2O4/c1-9-12-21-17-35(30(34-33)28(21)24-14-11-10-13-22(24)19-39-20(2)36)18-27(37)23-15-25(31(3,4)5)29(38)26(16-23)32(6,7)8/h10-11,13-16,21,28,38H,9,12,17-19H2,1-8H3/b34-30-/t21-,28-/m0/s1. The highest BCUT2D eigenvalue weighted by atomic mass is 79.9. The molecular formula is C32H43BrN2O4. The molecule has 1 N–H and O–H groups in total. The summed E-state index contributed by atoms with van der Waals surface area (Å²) in [7, 11) is 0. The van der Waals surface area contributed by atoms with Gasteiger partial charge in [-0.2, -0.15) is 4.02 Å². The van der Waals surface area contributed by atoms with E-state index in [0.717, 1.165) is 40.9 Å². The predicted octanol–water partition coefficient (Wildman–Crippen LogP) is 7.46. The molecule has 0 saturated carbocycles. The van der Waals surface area contributed by atoms with Gasteiger partial charge in [0, 0.05) is 36.1 Å². The van der Waals surface area contributed by atoms with Crippen LogP contribution in [0.1, 0.15) is 107 Å². The fourth-order valence-corrected chi connectivity index (χ4v) is 5.96. The van der Waals surface area contributed by atoms with Gasteiger partial charge in [0.1, 0.15) is 18.2 Å². The van der Waals surface area contributed by atoms with Crippen LogP contribution in [0.25, 0.3) is 0 Å². The van der Waals surface area contributed by atoms with Gasteiger partial charge < -0.3 is 14.7 Å². The van der Waals surface area contributed by atoms with Crippen LogP contribution in [-0.2, 0) is 27.0 Å². The number of hydrogen-bond acceptors (Lipinski definition) is 5. The third kappa shape index (κ3) is 7.10. The topological polar surface area (TPSA) is 79.2 Å². The van der Waals surface area contributed by atoms with E-state index in [0.29, 0.717) is 12.1 Å². The number of ether oxygens (including phenoxy) is 1. The maximum atomic E-state index is 13.8. The Hall–Kier alpha value is -2.67.